The molecule has 5 rings (SSSR count). The van der Waals surface area contributed by atoms with Crippen molar-refractivity contribution >= 4 is 34.3 Å². The molecule has 0 aliphatic carbocycles. The van der Waals surface area contributed by atoms with E-state index in [1.54, 1.807) is 41.2 Å². The van der Waals surface area contributed by atoms with Gasteiger partial charge in [0.1, 0.15) is 12.4 Å². The molecule has 1 aliphatic rings. The number of benzene rings is 3. The van der Waals surface area contributed by atoms with Crippen LogP contribution in [0.4, 0.5) is 5.82 Å². The molecule has 7 nitrogen and oxygen atoms in total. The Balaban J connectivity index is 1.32. The molecule has 1 aromatic heterocycles. The first kappa shape index (κ1) is 18.7. The standard InChI is InChI=1S/C24H18N4O3/c29-22(15-27-23(30)19-10-3-4-11-20(19)24(27)31)26-21-12-13-25-28(21)14-17-8-5-7-16-6-1-2-9-18(16)17/h1-13H,14-15H2,(H,26,29). The Bertz CT molecular complexity index is 1300. The van der Waals surface area contributed by atoms with Crippen molar-refractivity contribution in [1.82, 2.24) is 14.7 Å². The lowest BCUT2D eigenvalue weighted by atomic mass is 10.0. The van der Waals surface area contributed by atoms with Gasteiger partial charge in [0.25, 0.3) is 11.8 Å². The largest absolute Gasteiger partial charge is 0.309 e. The van der Waals surface area contributed by atoms with Gasteiger partial charge in [-0.2, -0.15) is 5.10 Å². The van der Waals surface area contributed by atoms with E-state index in [1.807, 2.05) is 36.4 Å². The number of carbonyl (C=O) groups is 3. The number of nitrogens with one attached hydrogen (secondary N) is 1. The molecule has 152 valence electrons. The molecule has 7 heteroatoms. The average molecular weight is 410 g/mol. The highest BCUT2D eigenvalue weighted by Crippen LogP contribution is 2.23. The van der Waals surface area contributed by atoms with Gasteiger partial charge in [0.2, 0.25) is 5.91 Å². The maximum atomic E-state index is 12.6. The summed E-state index contributed by atoms with van der Waals surface area (Å²) >= 11 is 0. The normalized spacial score (nSPS) is 13.0. The van der Waals surface area contributed by atoms with E-state index in [-0.39, 0.29) is 6.54 Å². The molecule has 0 spiro atoms. The minimum atomic E-state index is -0.464. The molecule has 0 saturated carbocycles. The summed E-state index contributed by atoms with van der Waals surface area (Å²) in [4.78, 5) is 38.6. The highest BCUT2D eigenvalue weighted by molar-refractivity contribution is 6.22. The Labute approximate surface area is 177 Å². The number of aromatic nitrogens is 2. The predicted molar refractivity (Wildman–Crippen MR) is 116 cm³/mol. The molecule has 0 fully saturated rings. The van der Waals surface area contributed by atoms with E-state index in [1.165, 1.54) is 0 Å². The van der Waals surface area contributed by atoms with Gasteiger partial charge in [-0.3, -0.25) is 19.3 Å². The summed E-state index contributed by atoms with van der Waals surface area (Å²) in [5, 5.41) is 9.33. The molecule has 0 bridgehead atoms. The molecule has 0 radical (unpaired) electrons. The molecule has 3 aromatic carbocycles. The third kappa shape index (κ3) is 3.36. The van der Waals surface area contributed by atoms with E-state index in [0.717, 1.165) is 21.2 Å². The van der Waals surface area contributed by atoms with Gasteiger partial charge in [-0.1, -0.05) is 54.6 Å². The zero-order valence-electron chi connectivity index (χ0n) is 16.5. The number of nitrogens with zero attached hydrogens (tertiary/aromatic N) is 3. The highest BCUT2D eigenvalue weighted by atomic mass is 16.2. The van der Waals surface area contributed by atoms with E-state index < -0.39 is 17.7 Å². The number of anilines is 1. The molecule has 0 atom stereocenters. The number of imide groups is 1. The van der Waals surface area contributed by atoms with Crippen LogP contribution in [-0.4, -0.2) is 38.9 Å². The van der Waals surface area contributed by atoms with Crippen LogP contribution in [0.5, 0.6) is 0 Å². The second-order valence-electron chi connectivity index (χ2n) is 7.30. The fourth-order valence-electron chi connectivity index (χ4n) is 3.87. The van der Waals surface area contributed by atoms with Gasteiger partial charge >= 0.3 is 0 Å². The second kappa shape index (κ2) is 7.53. The maximum Gasteiger partial charge on any atom is 0.262 e. The molecule has 1 N–H and O–H groups in total. The fourth-order valence-corrected chi connectivity index (χ4v) is 3.87. The third-order valence-corrected chi connectivity index (χ3v) is 5.36. The van der Waals surface area contributed by atoms with Crippen LogP contribution in [0.2, 0.25) is 0 Å². The van der Waals surface area contributed by atoms with Crippen molar-refractivity contribution in [3.8, 4) is 0 Å². The van der Waals surface area contributed by atoms with Crippen LogP contribution in [0.1, 0.15) is 26.3 Å². The lowest BCUT2D eigenvalue weighted by molar-refractivity contribution is -0.116. The molecule has 31 heavy (non-hydrogen) atoms. The van der Waals surface area contributed by atoms with Gasteiger partial charge in [0.15, 0.2) is 0 Å². The summed E-state index contributed by atoms with van der Waals surface area (Å²) in [6.07, 6.45) is 1.60. The zero-order valence-corrected chi connectivity index (χ0v) is 16.5. The Hall–Kier alpha value is -4.26. The van der Waals surface area contributed by atoms with Crippen LogP contribution < -0.4 is 5.32 Å². The molecule has 1 aliphatic heterocycles. The van der Waals surface area contributed by atoms with Crippen LogP contribution in [-0.2, 0) is 11.3 Å². The van der Waals surface area contributed by atoms with Crippen LogP contribution in [0.3, 0.4) is 0 Å². The SMILES string of the molecule is O=C(CN1C(=O)c2ccccc2C1=O)Nc1ccnn1Cc1cccc2ccccc12. The molecule has 3 amide bonds. The smallest absolute Gasteiger partial charge is 0.262 e. The summed E-state index contributed by atoms with van der Waals surface area (Å²) < 4.78 is 1.68. The highest BCUT2D eigenvalue weighted by Gasteiger charge is 2.36. The van der Waals surface area contributed by atoms with Crippen molar-refractivity contribution in [3.63, 3.8) is 0 Å². The molecular formula is C24H18N4O3. The van der Waals surface area contributed by atoms with Gasteiger partial charge < -0.3 is 5.32 Å². The van der Waals surface area contributed by atoms with Crippen LogP contribution in [0, 0.1) is 0 Å². The minimum Gasteiger partial charge on any atom is -0.309 e. The quantitative estimate of drug-likeness (QED) is 0.512. The molecule has 0 unspecified atom stereocenters. The number of hydrogen-bond acceptors (Lipinski definition) is 4. The Morgan fingerprint density at radius 2 is 1.52 bits per heavy atom. The maximum absolute atomic E-state index is 12.6. The summed E-state index contributed by atoms with van der Waals surface area (Å²) in [6.45, 7) is 0.114. The minimum absolute atomic E-state index is 0.321. The van der Waals surface area contributed by atoms with E-state index in [0.29, 0.717) is 23.5 Å². The zero-order chi connectivity index (χ0) is 21.4. The van der Waals surface area contributed by atoms with E-state index in [9.17, 15) is 14.4 Å². The van der Waals surface area contributed by atoms with Crippen molar-refractivity contribution in [2.75, 3.05) is 11.9 Å². The fraction of sp³-hybridized carbons (Fsp3) is 0.0833. The summed E-state index contributed by atoms with van der Waals surface area (Å²) in [6, 6.07) is 22.4. The lowest BCUT2D eigenvalue weighted by Gasteiger charge is -2.15. The van der Waals surface area contributed by atoms with E-state index in [4.69, 9.17) is 0 Å². The van der Waals surface area contributed by atoms with Crippen LogP contribution in [0.15, 0.2) is 79.0 Å². The Kier molecular flexibility index (Phi) is 4.55. The molecule has 4 aromatic rings. The number of carbonyl (C=O) groups excluding carboxylic acids is 3. The van der Waals surface area contributed by atoms with Gasteiger partial charge in [-0.15, -0.1) is 0 Å². The van der Waals surface area contributed by atoms with Crippen LogP contribution in [0.25, 0.3) is 10.8 Å². The topological polar surface area (TPSA) is 84.3 Å². The first-order chi connectivity index (χ1) is 15.1. The van der Waals surface area contributed by atoms with Crippen molar-refractivity contribution in [3.05, 3.63) is 95.7 Å². The van der Waals surface area contributed by atoms with E-state index >= 15 is 0 Å². The molecule has 2 heterocycles. The van der Waals surface area contributed by atoms with Gasteiger partial charge in [0.05, 0.1) is 23.9 Å². The number of amides is 3. The first-order valence-corrected chi connectivity index (χ1v) is 9.85. The second-order valence-corrected chi connectivity index (χ2v) is 7.30. The molecular weight excluding hydrogens is 392 g/mol. The number of hydrogen-bond donors (Lipinski definition) is 1. The number of fused-ring (bicyclic) bond motifs is 2. The number of rotatable bonds is 5. The Morgan fingerprint density at radius 1 is 0.839 bits per heavy atom. The summed E-state index contributed by atoms with van der Waals surface area (Å²) in [5.74, 6) is -0.885. The van der Waals surface area contributed by atoms with Crippen molar-refractivity contribution in [2.24, 2.45) is 0 Å². The van der Waals surface area contributed by atoms with E-state index in [2.05, 4.69) is 16.5 Å². The lowest BCUT2D eigenvalue weighted by Crippen LogP contribution is -2.37. The average Bonchev–Trinajstić information content (AvgIpc) is 3.32. The van der Waals surface area contributed by atoms with Gasteiger partial charge in [-0.25, -0.2) is 4.68 Å². The van der Waals surface area contributed by atoms with Crippen LogP contribution >= 0.6 is 0 Å². The summed E-state index contributed by atoms with van der Waals surface area (Å²) in [7, 11) is 0. The van der Waals surface area contributed by atoms with Crippen molar-refractivity contribution in [2.45, 2.75) is 6.54 Å². The van der Waals surface area contributed by atoms with Gasteiger partial charge in [0, 0.05) is 6.07 Å². The van der Waals surface area contributed by atoms with Crippen molar-refractivity contribution in [1.29, 1.82) is 0 Å². The molecule has 0 saturated heterocycles. The first-order valence-electron chi connectivity index (χ1n) is 9.85. The Morgan fingerprint density at radius 3 is 2.29 bits per heavy atom. The predicted octanol–water partition coefficient (Wildman–Crippen LogP) is 3.32. The van der Waals surface area contributed by atoms with Gasteiger partial charge in [-0.05, 0) is 28.5 Å². The summed E-state index contributed by atoms with van der Waals surface area (Å²) in [5.41, 5.74) is 1.71. The third-order valence-electron chi connectivity index (χ3n) is 5.36. The monoisotopic (exact) mass is 410 g/mol. The van der Waals surface area contributed by atoms with Crippen molar-refractivity contribution < 1.29 is 14.4 Å².